The fourth-order valence-corrected chi connectivity index (χ4v) is 2.41. The molecule has 2 atom stereocenters. The second-order valence-corrected chi connectivity index (χ2v) is 4.42. The van der Waals surface area contributed by atoms with E-state index in [9.17, 15) is 9.18 Å². The van der Waals surface area contributed by atoms with Crippen molar-refractivity contribution < 1.29 is 19.0 Å². The maximum absolute atomic E-state index is 13.7. The number of methoxy groups -OCH3 is 1. The number of hydrogen-bond donors (Lipinski definition) is 2. The Bertz CT molecular complexity index is 450. The van der Waals surface area contributed by atoms with E-state index in [1.54, 1.807) is 7.11 Å². The molecule has 1 aromatic carbocycles. The van der Waals surface area contributed by atoms with Gasteiger partial charge in [0.1, 0.15) is 5.82 Å². The van der Waals surface area contributed by atoms with Crippen LogP contribution in [-0.4, -0.2) is 30.3 Å². The van der Waals surface area contributed by atoms with Crippen molar-refractivity contribution >= 4 is 11.7 Å². The number of benzene rings is 1. The maximum Gasteiger partial charge on any atom is 0.337 e. The number of carboxylic acid groups (broad SMARTS) is 1. The second-order valence-electron chi connectivity index (χ2n) is 4.42. The van der Waals surface area contributed by atoms with Crippen LogP contribution in [0.4, 0.5) is 10.1 Å². The first-order valence-electron chi connectivity index (χ1n) is 5.94. The Hall–Kier alpha value is -1.62. The van der Waals surface area contributed by atoms with Gasteiger partial charge in [-0.25, -0.2) is 9.18 Å². The van der Waals surface area contributed by atoms with E-state index in [1.165, 1.54) is 18.2 Å². The minimum Gasteiger partial charge on any atom is -0.478 e. The van der Waals surface area contributed by atoms with E-state index < -0.39 is 11.8 Å². The number of ether oxygens (including phenoxy) is 1. The first-order valence-corrected chi connectivity index (χ1v) is 5.94. The molecule has 0 heterocycles. The number of hydrogen-bond acceptors (Lipinski definition) is 3. The first kappa shape index (κ1) is 12.8. The van der Waals surface area contributed by atoms with Crippen LogP contribution in [0.2, 0.25) is 0 Å². The van der Waals surface area contributed by atoms with Gasteiger partial charge in [0.05, 0.1) is 23.4 Å². The van der Waals surface area contributed by atoms with Crippen LogP contribution in [0.1, 0.15) is 29.6 Å². The van der Waals surface area contributed by atoms with Crippen molar-refractivity contribution in [3.05, 3.63) is 29.6 Å². The summed E-state index contributed by atoms with van der Waals surface area (Å²) in [6.45, 7) is 0. The molecule has 18 heavy (non-hydrogen) atoms. The van der Waals surface area contributed by atoms with E-state index in [1.807, 2.05) is 0 Å². The van der Waals surface area contributed by atoms with E-state index in [0.717, 1.165) is 19.3 Å². The Kier molecular flexibility index (Phi) is 3.81. The van der Waals surface area contributed by atoms with Crippen LogP contribution < -0.4 is 5.32 Å². The molecule has 98 valence electrons. The van der Waals surface area contributed by atoms with Crippen LogP contribution in [0.15, 0.2) is 18.2 Å². The lowest BCUT2D eigenvalue weighted by Crippen LogP contribution is -2.30. The summed E-state index contributed by atoms with van der Waals surface area (Å²) < 4.78 is 19.0. The van der Waals surface area contributed by atoms with Crippen molar-refractivity contribution in [3.63, 3.8) is 0 Å². The lowest BCUT2D eigenvalue weighted by molar-refractivity contribution is 0.0696. The normalized spacial score (nSPS) is 23.0. The van der Waals surface area contributed by atoms with Gasteiger partial charge in [0, 0.05) is 7.11 Å². The molecule has 0 bridgehead atoms. The van der Waals surface area contributed by atoms with Crippen LogP contribution in [0, 0.1) is 5.82 Å². The molecule has 2 unspecified atom stereocenters. The molecule has 0 radical (unpaired) electrons. The Morgan fingerprint density at radius 3 is 2.94 bits per heavy atom. The van der Waals surface area contributed by atoms with Crippen molar-refractivity contribution in [1.82, 2.24) is 0 Å². The summed E-state index contributed by atoms with van der Waals surface area (Å²) in [6, 6.07) is 4.01. The summed E-state index contributed by atoms with van der Waals surface area (Å²) in [5, 5.41) is 12.0. The van der Waals surface area contributed by atoms with E-state index in [2.05, 4.69) is 5.32 Å². The molecule has 0 aromatic heterocycles. The van der Waals surface area contributed by atoms with Crippen LogP contribution >= 0.6 is 0 Å². The molecule has 2 N–H and O–H groups in total. The molecule has 0 saturated heterocycles. The molecule has 0 amide bonds. The van der Waals surface area contributed by atoms with Crippen LogP contribution in [0.25, 0.3) is 0 Å². The molecule has 2 rings (SSSR count). The number of carbonyl (C=O) groups is 1. The molecule has 0 aliphatic heterocycles. The van der Waals surface area contributed by atoms with E-state index in [-0.39, 0.29) is 23.4 Å². The molecular formula is C13H16FNO3. The number of aromatic carboxylic acids is 1. The average molecular weight is 253 g/mol. The van der Waals surface area contributed by atoms with Crippen LogP contribution in [-0.2, 0) is 4.74 Å². The van der Waals surface area contributed by atoms with Gasteiger partial charge in [-0.15, -0.1) is 0 Å². The number of anilines is 1. The molecule has 1 aliphatic rings. The number of carboxylic acids is 1. The molecule has 0 spiro atoms. The lowest BCUT2D eigenvalue weighted by Gasteiger charge is -2.22. The number of nitrogens with one attached hydrogen (secondary N) is 1. The zero-order valence-corrected chi connectivity index (χ0v) is 10.1. The lowest BCUT2D eigenvalue weighted by atomic mass is 10.1. The van der Waals surface area contributed by atoms with Crippen molar-refractivity contribution in [2.24, 2.45) is 0 Å². The summed E-state index contributed by atoms with van der Waals surface area (Å²) in [4.78, 5) is 11.1. The van der Waals surface area contributed by atoms with Crippen molar-refractivity contribution in [3.8, 4) is 0 Å². The number of halogens is 1. The molecule has 1 aliphatic carbocycles. The Morgan fingerprint density at radius 2 is 2.28 bits per heavy atom. The van der Waals surface area contributed by atoms with Gasteiger partial charge in [0.25, 0.3) is 0 Å². The number of para-hydroxylation sites is 1. The van der Waals surface area contributed by atoms with Gasteiger partial charge in [-0.1, -0.05) is 6.07 Å². The van der Waals surface area contributed by atoms with Crippen molar-refractivity contribution in [2.45, 2.75) is 31.4 Å². The minimum atomic E-state index is -1.14. The smallest absolute Gasteiger partial charge is 0.337 e. The quantitative estimate of drug-likeness (QED) is 0.865. The topological polar surface area (TPSA) is 58.6 Å². The van der Waals surface area contributed by atoms with Gasteiger partial charge < -0.3 is 15.2 Å². The highest BCUT2D eigenvalue weighted by Crippen LogP contribution is 2.28. The van der Waals surface area contributed by atoms with Gasteiger partial charge in [0.2, 0.25) is 0 Å². The molecule has 4 nitrogen and oxygen atoms in total. The first-order chi connectivity index (χ1) is 8.63. The zero-order chi connectivity index (χ0) is 13.1. The van der Waals surface area contributed by atoms with Gasteiger partial charge in [0.15, 0.2) is 0 Å². The predicted octanol–water partition coefficient (Wildman–Crippen LogP) is 2.50. The third-order valence-electron chi connectivity index (χ3n) is 3.33. The predicted molar refractivity (Wildman–Crippen MR) is 65.4 cm³/mol. The minimum absolute atomic E-state index is 0.00579. The third-order valence-corrected chi connectivity index (χ3v) is 3.33. The fourth-order valence-electron chi connectivity index (χ4n) is 2.41. The molecule has 5 heteroatoms. The van der Waals surface area contributed by atoms with E-state index >= 15 is 0 Å². The summed E-state index contributed by atoms with van der Waals surface area (Å²) >= 11 is 0. The highest BCUT2D eigenvalue weighted by atomic mass is 19.1. The summed E-state index contributed by atoms with van der Waals surface area (Å²) in [5.74, 6) is -1.68. The van der Waals surface area contributed by atoms with Crippen LogP contribution in [0.5, 0.6) is 0 Å². The van der Waals surface area contributed by atoms with E-state index in [4.69, 9.17) is 9.84 Å². The fraction of sp³-hybridized carbons (Fsp3) is 0.462. The molecule has 1 saturated carbocycles. The SMILES string of the molecule is COC1CCCC1Nc1c(F)cccc1C(=O)O. The van der Waals surface area contributed by atoms with Crippen LogP contribution in [0.3, 0.4) is 0 Å². The zero-order valence-electron chi connectivity index (χ0n) is 10.1. The summed E-state index contributed by atoms with van der Waals surface area (Å²) in [5.41, 5.74) is 0.00991. The van der Waals surface area contributed by atoms with E-state index in [0.29, 0.717) is 0 Å². The average Bonchev–Trinajstić information content (AvgIpc) is 2.78. The molecule has 1 fully saturated rings. The third kappa shape index (κ3) is 2.46. The van der Waals surface area contributed by atoms with Crippen molar-refractivity contribution in [2.75, 3.05) is 12.4 Å². The standard InChI is InChI=1S/C13H16FNO3/c1-18-11-7-3-6-10(11)15-12-8(13(16)17)4-2-5-9(12)14/h2,4-5,10-11,15H,3,6-7H2,1H3,(H,16,17). The summed E-state index contributed by atoms with van der Waals surface area (Å²) in [6.07, 6.45) is 2.76. The summed E-state index contributed by atoms with van der Waals surface area (Å²) in [7, 11) is 1.62. The van der Waals surface area contributed by atoms with Gasteiger partial charge >= 0.3 is 5.97 Å². The van der Waals surface area contributed by atoms with Crippen molar-refractivity contribution in [1.29, 1.82) is 0 Å². The van der Waals surface area contributed by atoms with Gasteiger partial charge in [-0.2, -0.15) is 0 Å². The number of rotatable bonds is 4. The Labute approximate surface area is 105 Å². The maximum atomic E-state index is 13.7. The highest BCUT2D eigenvalue weighted by Gasteiger charge is 2.28. The Morgan fingerprint density at radius 1 is 1.50 bits per heavy atom. The van der Waals surface area contributed by atoms with Gasteiger partial charge in [-0.3, -0.25) is 0 Å². The Balaban J connectivity index is 2.25. The highest BCUT2D eigenvalue weighted by molar-refractivity contribution is 5.94. The largest absolute Gasteiger partial charge is 0.478 e. The van der Waals surface area contributed by atoms with Gasteiger partial charge in [-0.05, 0) is 31.4 Å². The molecular weight excluding hydrogens is 237 g/mol. The monoisotopic (exact) mass is 253 g/mol. The second kappa shape index (κ2) is 5.35. The molecule has 1 aromatic rings.